The van der Waals surface area contributed by atoms with Crippen LogP contribution >= 0.6 is 0 Å². The van der Waals surface area contributed by atoms with Gasteiger partial charge in [0.05, 0.1) is 5.92 Å². The summed E-state index contributed by atoms with van der Waals surface area (Å²) in [5.74, 6) is -0.412. The number of carboxylic acid groups (broad SMARTS) is 1. The van der Waals surface area contributed by atoms with Crippen LogP contribution in [0, 0.1) is 11.8 Å². The average molecular weight is 284 g/mol. The largest absolute Gasteiger partial charge is 0.481 e. The average Bonchev–Trinajstić information content (AvgIpc) is 2.46. The highest BCUT2D eigenvalue weighted by Crippen LogP contribution is 2.28. The van der Waals surface area contributed by atoms with E-state index in [0.717, 1.165) is 18.8 Å². The number of urea groups is 1. The van der Waals surface area contributed by atoms with Crippen molar-refractivity contribution >= 4 is 12.0 Å². The van der Waals surface area contributed by atoms with E-state index in [1.165, 1.54) is 19.3 Å². The molecule has 0 aromatic heterocycles. The predicted molar refractivity (Wildman–Crippen MR) is 78.6 cm³/mol. The van der Waals surface area contributed by atoms with Gasteiger partial charge in [0.2, 0.25) is 0 Å². The van der Waals surface area contributed by atoms with E-state index in [1.807, 2.05) is 7.05 Å². The highest BCUT2D eigenvalue weighted by molar-refractivity contribution is 5.74. The first-order chi connectivity index (χ1) is 9.45. The standard InChI is InChI=1S/C15H28N2O3/c1-4-12-5-7-13(8-6-12)17(3)15(20)16-10-9-11(2)14(18)19/h11-13H,4-10H2,1-3H3,(H,16,20)(H,18,19). The van der Waals surface area contributed by atoms with Gasteiger partial charge < -0.3 is 15.3 Å². The maximum absolute atomic E-state index is 12.0. The van der Waals surface area contributed by atoms with Crippen LogP contribution < -0.4 is 5.32 Å². The Morgan fingerprint density at radius 1 is 1.30 bits per heavy atom. The molecule has 0 aromatic rings. The third kappa shape index (κ3) is 5.02. The second-order valence-corrected chi connectivity index (χ2v) is 5.95. The van der Waals surface area contributed by atoms with Crippen molar-refractivity contribution in [2.75, 3.05) is 13.6 Å². The number of carbonyl (C=O) groups is 2. The number of aliphatic carboxylic acids is 1. The van der Waals surface area contributed by atoms with Gasteiger partial charge in [-0.05, 0) is 38.0 Å². The summed E-state index contributed by atoms with van der Waals surface area (Å²) in [5.41, 5.74) is 0. The normalized spacial score (nSPS) is 23.9. The zero-order valence-corrected chi connectivity index (χ0v) is 12.9. The van der Waals surface area contributed by atoms with E-state index < -0.39 is 11.9 Å². The summed E-state index contributed by atoms with van der Waals surface area (Å²) in [7, 11) is 1.84. The molecule has 20 heavy (non-hydrogen) atoms. The molecule has 0 spiro atoms. The van der Waals surface area contributed by atoms with Gasteiger partial charge in [0.25, 0.3) is 0 Å². The quantitative estimate of drug-likeness (QED) is 0.788. The molecule has 0 aliphatic heterocycles. The molecule has 1 aliphatic carbocycles. The maximum Gasteiger partial charge on any atom is 0.317 e. The number of hydrogen-bond acceptors (Lipinski definition) is 2. The molecule has 0 bridgehead atoms. The summed E-state index contributed by atoms with van der Waals surface area (Å²) in [5, 5.41) is 11.6. The summed E-state index contributed by atoms with van der Waals surface area (Å²) < 4.78 is 0. The van der Waals surface area contributed by atoms with Crippen molar-refractivity contribution in [2.24, 2.45) is 11.8 Å². The molecular formula is C15H28N2O3. The van der Waals surface area contributed by atoms with Crippen molar-refractivity contribution < 1.29 is 14.7 Å². The third-order valence-electron chi connectivity index (χ3n) is 4.54. The minimum absolute atomic E-state index is 0.0810. The number of nitrogens with zero attached hydrogens (tertiary/aromatic N) is 1. The molecule has 116 valence electrons. The molecule has 1 saturated carbocycles. The Bertz CT molecular complexity index is 325. The maximum atomic E-state index is 12.0. The molecule has 0 heterocycles. The number of carboxylic acids is 1. The van der Waals surface area contributed by atoms with Crippen LogP contribution in [0.1, 0.15) is 52.4 Å². The summed E-state index contributed by atoms with van der Waals surface area (Å²) in [6.45, 7) is 4.30. The Balaban J connectivity index is 2.27. The summed E-state index contributed by atoms with van der Waals surface area (Å²) in [6, 6.07) is 0.247. The highest BCUT2D eigenvalue weighted by Gasteiger charge is 2.25. The van der Waals surface area contributed by atoms with Crippen LogP contribution in [0.15, 0.2) is 0 Å². The Labute approximate surface area is 121 Å². The Morgan fingerprint density at radius 2 is 1.90 bits per heavy atom. The zero-order valence-electron chi connectivity index (χ0n) is 12.9. The van der Waals surface area contributed by atoms with Crippen LogP contribution in [0.5, 0.6) is 0 Å². The van der Waals surface area contributed by atoms with Crippen LogP contribution in [-0.2, 0) is 4.79 Å². The Hall–Kier alpha value is -1.26. The Kier molecular flexibility index (Phi) is 6.82. The van der Waals surface area contributed by atoms with Gasteiger partial charge in [-0.15, -0.1) is 0 Å². The van der Waals surface area contributed by atoms with Crippen LogP contribution in [-0.4, -0.2) is 41.6 Å². The molecule has 1 fully saturated rings. The van der Waals surface area contributed by atoms with Gasteiger partial charge in [-0.2, -0.15) is 0 Å². The molecular weight excluding hydrogens is 256 g/mol. The van der Waals surface area contributed by atoms with Crippen LogP contribution in [0.2, 0.25) is 0 Å². The zero-order chi connectivity index (χ0) is 15.1. The Morgan fingerprint density at radius 3 is 2.40 bits per heavy atom. The second kappa shape index (κ2) is 8.12. The first kappa shape index (κ1) is 16.8. The predicted octanol–water partition coefficient (Wildman–Crippen LogP) is 2.71. The van der Waals surface area contributed by atoms with E-state index in [2.05, 4.69) is 12.2 Å². The number of amides is 2. The fraction of sp³-hybridized carbons (Fsp3) is 0.867. The first-order valence-electron chi connectivity index (χ1n) is 7.69. The molecule has 0 saturated heterocycles. The fourth-order valence-electron chi connectivity index (χ4n) is 2.75. The molecule has 0 radical (unpaired) electrons. The fourth-order valence-corrected chi connectivity index (χ4v) is 2.75. The van der Waals surface area contributed by atoms with Gasteiger partial charge in [0, 0.05) is 19.6 Å². The van der Waals surface area contributed by atoms with Gasteiger partial charge in [-0.25, -0.2) is 4.79 Å². The lowest BCUT2D eigenvalue weighted by Crippen LogP contribution is -2.45. The first-order valence-corrected chi connectivity index (χ1v) is 7.69. The van der Waals surface area contributed by atoms with E-state index in [0.29, 0.717) is 19.0 Å². The van der Waals surface area contributed by atoms with Crippen molar-refractivity contribution in [3.63, 3.8) is 0 Å². The van der Waals surface area contributed by atoms with Crippen molar-refractivity contribution in [1.29, 1.82) is 0 Å². The van der Waals surface area contributed by atoms with Gasteiger partial charge in [0.1, 0.15) is 0 Å². The minimum Gasteiger partial charge on any atom is -0.481 e. The molecule has 1 unspecified atom stereocenters. The second-order valence-electron chi connectivity index (χ2n) is 5.95. The number of carbonyl (C=O) groups excluding carboxylic acids is 1. The highest BCUT2D eigenvalue weighted by atomic mass is 16.4. The topological polar surface area (TPSA) is 69.6 Å². The van der Waals surface area contributed by atoms with E-state index in [-0.39, 0.29) is 6.03 Å². The van der Waals surface area contributed by atoms with Crippen LogP contribution in [0.25, 0.3) is 0 Å². The number of rotatable bonds is 6. The van der Waals surface area contributed by atoms with Crippen LogP contribution in [0.3, 0.4) is 0 Å². The van der Waals surface area contributed by atoms with Crippen LogP contribution in [0.4, 0.5) is 4.79 Å². The van der Waals surface area contributed by atoms with Gasteiger partial charge in [-0.3, -0.25) is 4.79 Å². The van der Waals surface area contributed by atoms with E-state index in [9.17, 15) is 9.59 Å². The van der Waals surface area contributed by atoms with E-state index >= 15 is 0 Å². The molecule has 1 rings (SSSR count). The lowest BCUT2D eigenvalue weighted by molar-refractivity contribution is -0.141. The monoisotopic (exact) mass is 284 g/mol. The van der Waals surface area contributed by atoms with E-state index in [4.69, 9.17) is 5.11 Å². The SMILES string of the molecule is CCC1CCC(N(C)C(=O)NCCC(C)C(=O)O)CC1. The van der Waals surface area contributed by atoms with Crippen molar-refractivity contribution in [1.82, 2.24) is 10.2 Å². The smallest absolute Gasteiger partial charge is 0.317 e. The van der Waals surface area contributed by atoms with Gasteiger partial charge >= 0.3 is 12.0 Å². The van der Waals surface area contributed by atoms with Crippen molar-refractivity contribution in [3.05, 3.63) is 0 Å². The summed E-state index contributed by atoms with van der Waals surface area (Å²) in [4.78, 5) is 24.5. The third-order valence-corrected chi connectivity index (χ3v) is 4.54. The van der Waals surface area contributed by atoms with E-state index in [1.54, 1.807) is 11.8 Å². The van der Waals surface area contributed by atoms with Gasteiger partial charge in [0.15, 0.2) is 0 Å². The van der Waals surface area contributed by atoms with Crippen molar-refractivity contribution in [3.8, 4) is 0 Å². The molecule has 0 aromatic carbocycles. The van der Waals surface area contributed by atoms with Crippen molar-refractivity contribution in [2.45, 2.75) is 58.4 Å². The molecule has 5 nitrogen and oxygen atoms in total. The summed E-state index contributed by atoms with van der Waals surface area (Å²) in [6.07, 6.45) is 6.26. The van der Waals surface area contributed by atoms with Gasteiger partial charge in [-0.1, -0.05) is 20.3 Å². The molecule has 5 heteroatoms. The molecule has 2 N–H and O–H groups in total. The number of nitrogens with one attached hydrogen (secondary N) is 1. The molecule has 2 amide bonds. The molecule has 1 aliphatic rings. The minimum atomic E-state index is -0.814. The lowest BCUT2D eigenvalue weighted by Gasteiger charge is -2.34. The number of hydrogen-bond donors (Lipinski definition) is 2. The molecule has 1 atom stereocenters. The summed E-state index contributed by atoms with van der Waals surface area (Å²) >= 11 is 0. The lowest BCUT2D eigenvalue weighted by atomic mass is 9.84.